The summed E-state index contributed by atoms with van der Waals surface area (Å²) in [5.74, 6) is -1.02. The molecule has 2 N–H and O–H groups in total. The van der Waals surface area contributed by atoms with Crippen molar-refractivity contribution in [2.75, 3.05) is 13.2 Å². The summed E-state index contributed by atoms with van der Waals surface area (Å²) in [6.07, 6.45) is 1.54. The van der Waals surface area contributed by atoms with Crippen molar-refractivity contribution < 1.29 is 19.4 Å². The van der Waals surface area contributed by atoms with Gasteiger partial charge in [-0.25, -0.2) is 0 Å². The maximum absolute atomic E-state index is 11.9. The van der Waals surface area contributed by atoms with Crippen molar-refractivity contribution in [3.8, 4) is 0 Å². The van der Waals surface area contributed by atoms with Gasteiger partial charge in [0.25, 0.3) is 0 Å². The first-order valence-electron chi connectivity index (χ1n) is 6.23. The zero-order valence-electron chi connectivity index (χ0n) is 10.6. The Hall–Kier alpha value is -1.40. The molecule has 5 nitrogen and oxygen atoms in total. The van der Waals surface area contributed by atoms with Gasteiger partial charge in [0.05, 0.1) is 18.6 Å². The minimum Gasteiger partial charge on any atom is -0.481 e. The van der Waals surface area contributed by atoms with Crippen LogP contribution in [0.25, 0.3) is 0 Å². The monoisotopic (exact) mass is 283 g/mol. The third kappa shape index (κ3) is 4.04. The van der Waals surface area contributed by atoms with Crippen LogP contribution >= 0.6 is 11.3 Å². The fraction of sp³-hybridized carbons (Fsp3) is 0.538. The molecule has 0 saturated carbocycles. The predicted molar refractivity (Wildman–Crippen MR) is 71.2 cm³/mol. The number of rotatable bonds is 6. The van der Waals surface area contributed by atoms with E-state index in [0.29, 0.717) is 25.9 Å². The molecular weight excluding hydrogens is 266 g/mol. The lowest BCUT2D eigenvalue weighted by Crippen LogP contribution is -2.50. The zero-order chi connectivity index (χ0) is 13.7. The molecule has 1 aliphatic rings. The fourth-order valence-electron chi connectivity index (χ4n) is 2.23. The summed E-state index contributed by atoms with van der Waals surface area (Å²) in [5, 5.41) is 13.7. The van der Waals surface area contributed by atoms with Crippen molar-refractivity contribution in [1.29, 1.82) is 0 Å². The van der Waals surface area contributed by atoms with E-state index in [-0.39, 0.29) is 18.9 Å². The number of hydrogen-bond donors (Lipinski definition) is 2. The number of aryl methyl sites for hydroxylation is 1. The minimum absolute atomic E-state index is 0.0856. The molecule has 1 fully saturated rings. The van der Waals surface area contributed by atoms with Crippen LogP contribution in [0.4, 0.5) is 0 Å². The Morgan fingerprint density at radius 1 is 1.53 bits per heavy atom. The van der Waals surface area contributed by atoms with E-state index in [1.54, 1.807) is 11.3 Å². The van der Waals surface area contributed by atoms with Crippen LogP contribution in [0.1, 0.15) is 24.1 Å². The second kappa shape index (κ2) is 6.16. The van der Waals surface area contributed by atoms with Crippen LogP contribution in [0.15, 0.2) is 17.5 Å². The van der Waals surface area contributed by atoms with E-state index in [4.69, 9.17) is 9.84 Å². The van der Waals surface area contributed by atoms with Gasteiger partial charge in [0.2, 0.25) is 5.91 Å². The van der Waals surface area contributed by atoms with E-state index < -0.39 is 11.5 Å². The van der Waals surface area contributed by atoms with Crippen LogP contribution in [0.5, 0.6) is 0 Å². The molecule has 1 unspecified atom stereocenters. The number of carbonyl (C=O) groups is 2. The summed E-state index contributed by atoms with van der Waals surface area (Å²) >= 11 is 1.62. The number of carbonyl (C=O) groups excluding carboxylic acids is 1. The smallest absolute Gasteiger partial charge is 0.305 e. The van der Waals surface area contributed by atoms with Gasteiger partial charge in [-0.2, -0.15) is 0 Å². The standard InChI is InChI=1S/C13H17NO4S/c15-11(4-3-10-2-1-7-19-10)14-13(8-12(16)17)5-6-18-9-13/h1-2,7H,3-6,8-9H2,(H,14,15)(H,16,17). The minimum atomic E-state index is -0.913. The fourth-order valence-corrected chi connectivity index (χ4v) is 2.94. The first-order chi connectivity index (χ1) is 9.10. The van der Waals surface area contributed by atoms with Crippen LogP contribution in [0.2, 0.25) is 0 Å². The van der Waals surface area contributed by atoms with Crippen LogP contribution in [0.3, 0.4) is 0 Å². The quantitative estimate of drug-likeness (QED) is 0.828. The molecule has 2 rings (SSSR count). The lowest BCUT2D eigenvalue weighted by molar-refractivity contribution is -0.139. The summed E-state index contributed by atoms with van der Waals surface area (Å²) in [7, 11) is 0. The lowest BCUT2D eigenvalue weighted by Gasteiger charge is -2.26. The average molecular weight is 283 g/mol. The summed E-state index contributed by atoms with van der Waals surface area (Å²) in [6, 6.07) is 3.94. The highest BCUT2D eigenvalue weighted by Gasteiger charge is 2.38. The molecule has 0 spiro atoms. The molecule has 0 aliphatic carbocycles. The first kappa shape index (κ1) is 14.0. The van der Waals surface area contributed by atoms with Gasteiger partial charge in [-0.15, -0.1) is 11.3 Å². The maximum Gasteiger partial charge on any atom is 0.305 e. The largest absolute Gasteiger partial charge is 0.481 e. The van der Waals surface area contributed by atoms with Gasteiger partial charge in [-0.1, -0.05) is 6.07 Å². The summed E-state index contributed by atoms with van der Waals surface area (Å²) in [6.45, 7) is 0.780. The van der Waals surface area contributed by atoms with E-state index in [1.165, 1.54) is 0 Å². The zero-order valence-corrected chi connectivity index (χ0v) is 11.4. The molecule has 19 heavy (non-hydrogen) atoms. The van der Waals surface area contributed by atoms with Crippen molar-refractivity contribution in [2.45, 2.75) is 31.2 Å². The number of nitrogens with one attached hydrogen (secondary N) is 1. The van der Waals surface area contributed by atoms with Gasteiger partial charge < -0.3 is 15.2 Å². The number of amides is 1. The summed E-state index contributed by atoms with van der Waals surface area (Å²) < 4.78 is 5.24. The Labute approximate surface area is 115 Å². The van der Waals surface area contributed by atoms with Crippen LogP contribution < -0.4 is 5.32 Å². The third-order valence-electron chi connectivity index (χ3n) is 3.18. The molecule has 1 aliphatic heterocycles. The highest BCUT2D eigenvalue weighted by Crippen LogP contribution is 2.23. The van der Waals surface area contributed by atoms with Gasteiger partial charge in [-0.3, -0.25) is 9.59 Å². The van der Waals surface area contributed by atoms with Crippen LogP contribution in [0, 0.1) is 0 Å². The molecule has 6 heteroatoms. The van der Waals surface area contributed by atoms with Crippen molar-refractivity contribution >= 4 is 23.2 Å². The molecule has 0 radical (unpaired) electrons. The molecule has 1 aromatic rings. The molecular formula is C13H17NO4S. The number of carboxylic acids is 1. The molecule has 104 valence electrons. The van der Waals surface area contributed by atoms with E-state index in [1.807, 2.05) is 17.5 Å². The second-order valence-corrected chi connectivity index (χ2v) is 5.81. The Morgan fingerprint density at radius 3 is 2.95 bits per heavy atom. The molecule has 1 atom stereocenters. The van der Waals surface area contributed by atoms with E-state index in [0.717, 1.165) is 4.88 Å². The predicted octanol–water partition coefficient (Wildman–Crippen LogP) is 1.43. The lowest BCUT2D eigenvalue weighted by atomic mass is 9.94. The Balaban J connectivity index is 1.86. The number of hydrogen-bond acceptors (Lipinski definition) is 4. The highest BCUT2D eigenvalue weighted by atomic mass is 32.1. The summed E-state index contributed by atoms with van der Waals surface area (Å²) in [4.78, 5) is 24.0. The number of carboxylic acid groups (broad SMARTS) is 1. The van der Waals surface area contributed by atoms with Gasteiger partial charge in [0, 0.05) is 17.9 Å². The van der Waals surface area contributed by atoms with Gasteiger partial charge >= 0.3 is 5.97 Å². The van der Waals surface area contributed by atoms with Crippen molar-refractivity contribution in [3.63, 3.8) is 0 Å². The summed E-state index contributed by atoms with van der Waals surface area (Å²) in [5.41, 5.74) is -0.724. The van der Waals surface area contributed by atoms with Crippen molar-refractivity contribution in [3.05, 3.63) is 22.4 Å². The number of thiophene rings is 1. The maximum atomic E-state index is 11.9. The second-order valence-electron chi connectivity index (χ2n) is 4.78. The Bertz CT molecular complexity index is 438. The SMILES string of the molecule is O=C(O)CC1(NC(=O)CCc2cccs2)CCOC1. The average Bonchev–Trinajstić information content (AvgIpc) is 2.97. The van der Waals surface area contributed by atoms with E-state index in [9.17, 15) is 9.59 Å². The molecule has 1 aromatic heterocycles. The van der Waals surface area contributed by atoms with Gasteiger partial charge in [-0.05, 0) is 24.3 Å². The first-order valence-corrected chi connectivity index (χ1v) is 7.11. The molecule has 0 bridgehead atoms. The number of ether oxygens (including phenoxy) is 1. The Kier molecular flexibility index (Phi) is 4.55. The molecule has 2 heterocycles. The molecule has 1 saturated heterocycles. The van der Waals surface area contributed by atoms with Crippen LogP contribution in [-0.4, -0.2) is 35.7 Å². The normalized spacial score (nSPS) is 22.3. The topological polar surface area (TPSA) is 75.6 Å². The van der Waals surface area contributed by atoms with Crippen LogP contribution in [-0.2, 0) is 20.7 Å². The highest BCUT2D eigenvalue weighted by molar-refractivity contribution is 7.09. The van der Waals surface area contributed by atoms with Crippen molar-refractivity contribution in [2.24, 2.45) is 0 Å². The van der Waals surface area contributed by atoms with Gasteiger partial charge in [0.1, 0.15) is 0 Å². The van der Waals surface area contributed by atoms with Crippen molar-refractivity contribution in [1.82, 2.24) is 5.32 Å². The molecule has 1 amide bonds. The van der Waals surface area contributed by atoms with Gasteiger partial charge in [0.15, 0.2) is 0 Å². The third-order valence-corrected chi connectivity index (χ3v) is 4.11. The Morgan fingerprint density at radius 2 is 2.37 bits per heavy atom. The number of aliphatic carboxylic acids is 1. The molecule has 0 aromatic carbocycles. The van der Waals surface area contributed by atoms with E-state index >= 15 is 0 Å². The van der Waals surface area contributed by atoms with E-state index in [2.05, 4.69) is 5.32 Å².